The van der Waals surface area contributed by atoms with Crippen molar-refractivity contribution in [3.05, 3.63) is 39.9 Å². The van der Waals surface area contributed by atoms with E-state index in [1.54, 1.807) is 0 Å². The highest BCUT2D eigenvalue weighted by atomic mass is 35.5. The molecule has 0 unspecified atom stereocenters. The molecule has 1 N–H and O–H groups in total. The van der Waals surface area contributed by atoms with Gasteiger partial charge in [0, 0.05) is 11.6 Å². The number of sulfonamides is 1. The number of rotatable bonds is 5. The lowest BCUT2D eigenvalue weighted by Gasteiger charge is -2.13. The number of hydrogen-bond acceptors (Lipinski definition) is 2. The van der Waals surface area contributed by atoms with Gasteiger partial charge in [-0.3, -0.25) is 0 Å². The summed E-state index contributed by atoms with van der Waals surface area (Å²) in [6.07, 6.45) is 7.57. The van der Waals surface area contributed by atoms with Crippen molar-refractivity contribution in [2.75, 3.05) is 6.54 Å². The molecule has 0 heterocycles. The normalized spacial score (nSPS) is 16.0. The lowest BCUT2D eigenvalue weighted by molar-refractivity contribution is 0.579. The molecule has 6 heteroatoms. The van der Waals surface area contributed by atoms with E-state index in [1.165, 1.54) is 36.6 Å². The number of nitrogens with one attached hydrogen (secondary N) is 1. The lowest BCUT2D eigenvalue weighted by atomic mass is 9.97. The average molecular weight is 334 g/mol. The quantitative estimate of drug-likeness (QED) is 0.822. The Morgan fingerprint density at radius 3 is 2.65 bits per heavy atom. The van der Waals surface area contributed by atoms with Gasteiger partial charge in [-0.1, -0.05) is 34.9 Å². The number of halogens is 2. The largest absolute Gasteiger partial charge is 0.242 e. The number of benzene rings is 1. The summed E-state index contributed by atoms with van der Waals surface area (Å²) in [6, 6.07) is 4.37. The summed E-state index contributed by atoms with van der Waals surface area (Å²) in [5.41, 5.74) is 1.33. The van der Waals surface area contributed by atoms with Crippen LogP contribution >= 0.6 is 23.2 Å². The van der Waals surface area contributed by atoms with Crippen LogP contribution in [0.5, 0.6) is 0 Å². The molecule has 3 nitrogen and oxygen atoms in total. The van der Waals surface area contributed by atoms with Crippen LogP contribution in [0.1, 0.15) is 32.1 Å². The Balaban J connectivity index is 1.98. The van der Waals surface area contributed by atoms with Crippen molar-refractivity contribution in [3.8, 4) is 0 Å². The molecule has 20 heavy (non-hydrogen) atoms. The topological polar surface area (TPSA) is 46.2 Å². The van der Waals surface area contributed by atoms with Gasteiger partial charge in [0.1, 0.15) is 4.90 Å². The number of allylic oxidation sites excluding steroid dienone is 1. The van der Waals surface area contributed by atoms with Gasteiger partial charge in [0.2, 0.25) is 10.0 Å². The van der Waals surface area contributed by atoms with Gasteiger partial charge >= 0.3 is 0 Å². The van der Waals surface area contributed by atoms with Crippen LogP contribution in [0.3, 0.4) is 0 Å². The highest BCUT2D eigenvalue weighted by molar-refractivity contribution is 7.89. The molecular formula is C14H17Cl2NO2S. The zero-order chi connectivity index (χ0) is 14.6. The molecule has 0 aliphatic heterocycles. The maximum absolute atomic E-state index is 12.1. The van der Waals surface area contributed by atoms with Crippen molar-refractivity contribution >= 4 is 33.2 Å². The summed E-state index contributed by atoms with van der Waals surface area (Å²) < 4.78 is 26.9. The summed E-state index contributed by atoms with van der Waals surface area (Å²) in [4.78, 5) is 0.0705. The maximum Gasteiger partial charge on any atom is 0.242 e. The van der Waals surface area contributed by atoms with E-state index in [1.807, 2.05) is 0 Å². The Bertz CT molecular complexity index is 612. The molecule has 0 amide bonds. The van der Waals surface area contributed by atoms with Gasteiger partial charge < -0.3 is 0 Å². The van der Waals surface area contributed by atoms with Gasteiger partial charge in [-0.05, 0) is 50.3 Å². The van der Waals surface area contributed by atoms with Crippen LogP contribution in [0.2, 0.25) is 10.0 Å². The van der Waals surface area contributed by atoms with E-state index in [0.29, 0.717) is 11.6 Å². The Labute approximate surface area is 130 Å². The molecule has 0 radical (unpaired) electrons. The van der Waals surface area contributed by atoms with E-state index < -0.39 is 10.0 Å². The van der Waals surface area contributed by atoms with Crippen LogP contribution in [-0.2, 0) is 10.0 Å². The van der Waals surface area contributed by atoms with Crippen LogP contribution in [0.25, 0.3) is 0 Å². The van der Waals surface area contributed by atoms with E-state index in [0.717, 1.165) is 19.3 Å². The summed E-state index contributed by atoms with van der Waals surface area (Å²) in [5.74, 6) is 0. The monoisotopic (exact) mass is 333 g/mol. The molecule has 1 aliphatic carbocycles. The van der Waals surface area contributed by atoms with Gasteiger partial charge in [0.15, 0.2) is 0 Å². The molecule has 0 aromatic heterocycles. The van der Waals surface area contributed by atoms with E-state index in [4.69, 9.17) is 23.2 Å². The second kappa shape index (κ2) is 6.94. The average Bonchev–Trinajstić information content (AvgIpc) is 2.39. The summed E-state index contributed by atoms with van der Waals surface area (Å²) in [5, 5.41) is 0.559. The standard InChI is InChI=1S/C14H17Cl2NO2S/c15-12-6-7-14(13(16)10-12)20(18,19)17-9-8-11-4-2-1-3-5-11/h4,6-7,10,17H,1-3,5,8-9H2. The third kappa shape index (κ3) is 4.22. The molecular weight excluding hydrogens is 317 g/mol. The van der Waals surface area contributed by atoms with Gasteiger partial charge in [-0.15, -0.1) is 0 Å². The molecule has 110 valence electrons. The Kier molecular flexibility index (Phi) is 5.49. The smallest absolute Gasteiger partial charge is 0.211 e. The zero-order valence-corrected chi connectivity index (χ0v) is 13.4. The summed E-state index contributed by atoms with van der Waals surface area (Å²) in [6.45, 7) is 0.396. The van der Waals surface area contributed by atoms with Crippen LogP contribution in [-0.4, -0.2) is 15.0 Å². The first-order valence-electron chi connectivity index (χ1n) is 6.62. The first-order chi connectivity index (χ1) is 9.49. The first-order valence-corrected chi connectivity index (χ1v) is 8.85. The van der Waals surface area contributed by atoms with Gasteiger partial charge in [0.25, 0.3) is 0 Å². The highest BCUT2D eigenvalue weighted by Crippen LogP contribution is 2.25. The molecule has 0 bridgehead atoms. The van der Waals surface area contributed by atoms with Gasteiger partial charge in [-0.25, -0.2) is 13.1 Å². The minimum atomic E-state index is -3.58. The van der Waals surface area contributed by atoms with Crippen molar-refractivity contribution in [1.82, 2.24) is 4.72 Å². The first kappa shape index (κ1) is 15.8. The highest BCUT2D eigenvalue weighted by Gasteiger charge is 2.17. The molecule has 0 atom stereocenters. The summed E-state index contributed by atoms with van der Waals surface area (Å²) in [7, 11) is -3.58. The molecule has 0 saturated heterocycles. The van der Waals surface area contributed by atoms with Gasteiger partial charge in [0.05, 0.1) is 5.02 Å². The molecule has 0 spiro atoms. The molecule has 1 aromatic rings. The van der Waals surface area contributed by atoms with Crippen LogP contribution in [0.4, 0.5) is 0 Å². The Morgan fingerprint density at radius 1 is 1.20 bits per heavy atom. The lowest BCUT2D eigenvalue weighted by Crippen LogP contribution is -2.25. The molecule has 1 aliphatic rings. The van der Waals surface area contributed by atoms with Gasteiger partial charge in [-0.2, -0.15) is 0 Å². The number of hydrogen-bond donors (Lipinski definition) is 1. The second-order valence-electron chi connectivity index (χ2n) is 4.83. The van der Waals surface area contributed by atoms with E-state index in [9.17, 15) is 8.42 Å². The minimum Gasteiger partial charge on any atom is -0.211 e. The van der Waals surface area contributed by atoms with Crippen molar-refractivity contribution in [2.24, 2.45) is 0 Å². The second-order valence-corrected chi connectivity index (χ2v) is 7.41. The van der Waals surface area contributed by atoms with E-state index in [-0.39, 0.29) is 9.92 Å². The maximum atomic E-state index is 12.1. The van der Waals surface area contributed by atoms with Crippen LogP contribution in [0.15, 0.2) is 34.7 Å². The predicted octanol–water partition coefficient (Wildman–Crippen LogP) is 4.16. The Hall–Kier alpha value is -0.550. The van der Waals surface area contributed by atoms with Crippen LogP contribution < -0.4 is 4.72 Å². The zero-order valence-electron chi connectivity index (χ0n) is 11.0. The fourth-order valence-electron chi connectivity index (χ4n) is 2.25. The van der Waals surface area contributed by atoms with E-state index >= 15 is 0 Å². The predicted molar refractivity (Wildman–Crippen MR) is 82.8 cm³/mol. The minimum absolute atomic E-state index is 0.0705. The Morgan fingerprint density at radius 2 is 2.00 bits per heavy atom. The third-order valence-electron chi connectivity index (χ3n) is 3.31. The SMILES string of the molecule is O=S(=O)(NCCC1=CCCCC1)c1ccc(Cl)cc1Cl. The summed E-state index contributed by atoms with van der Waals surface area (Å²) >= 11 is 11.7. The van der Waals surface area contributed by atoms with Crippen molar-refractivity contribution in [1.29, 1.82) is 0 Å². The molecule has 1 aromatic carbocycles. The molecule has 2 rings (SSSR count). The van der Waals surface area contributed by atoms with Crippen molar-refractivity contribution < 1.29 is 8.42 Å². The van der Waals surface area contributed by atoms with E-state index in [2.05, 4.69) is 10.8 Å². The fourth-order valence-corrected chi connectivity index (χ4v) is 4.05. The van der Waals surface area contributed by atoms with Crippen molar-refractivity contribution in [2.45, 2.75) is 37.0 Å². The van der Waals surface area contributed by atoms with Crippen molar-refractivity contribution in [3.63, 3.8) is 0 Å². The third-order valence-corrected chi connectivity index (χ3v) is 5.49. The fraction of sp³-hybridized carbons (Fsp3) is 0.429. The van der Waals surface area contributed by atoms with Crippen LogP contribution in [0, 0.1) is 0 Å². The molecule has 0 saturated carbocycles. The molecule has 0 fully saturated rings.